The van der Waals surface area contributed by atoms with E-state index < -0.39 is 0 Å². The van der Waals surface area contributed by atoms with Gasteiger partial charge in [-0.1, -0.05) is 102 Å². The van der Waals surface area contributed by atoms with Crippen molar-refractivity contribution in [3.63, 3.8) is 0 Å². The minimum absolute atomic E-state index is 0.0287. The molecule has 0 aliphatic rings. The molecular weight excluding hydrogens is 344 g/mol. The highest BCUT2D eigenvalue weighted by atomic mass is 16.5. The summed E-state index contributed by atoms with van der Waals surface area (Å²) in [4.78, 5) is 0. The Hall–Kier alpha value is -2.48. The van der Waals surface area contributed by atoms with Gasteiger partial charge in [0.05, 0.1) is 0 Å². The molecule has 2 nitrogen and oxygen atoms in total. The molecule has 2 aromatic rings. The molecule has 0 spiro atoms. The topological polar surface area (TPSA) is 18.5 Å². The average molecular weight is 379 g/mol. The normalized spacial score (nSPS) is 13.4. The molecule has 28 heavy (non-hydrogen) atoms. The molecule has 0 saturated carbocycles. The molecule has 0 aromatic heterocycles. The van der Waals surface area contributed by atoms with Gasteiger partial charge in [-0.25, -0.2) is 0 Å². The van der Waals surface area contributed by atoms with Gasteiger partial charge >= 0.3 is 0 Å². The van der Waals surface area contributed by atoms with Crippen molar-refractivity contribution in [2.24, 2.45) is 10.8 Å². The van der Waals surface area contributed by atoms with Gasteiger partial charge in [-0.2, -0.15) is 0 Å². The van der Waals surface area contributed by atoms with Crippen LogP contribution in [0.3, 0.4) is 0 Å². The smallest absolute Gasteiger partial charge is 0.157 e. The highest BCUT2D eigenvalue weighted by Gasteiger charge is 2.19. The van der Waals surface area contributed by atoms with E-state index in [9.17, 15) is 0 Å². The Morgan fingerprint density at radius 1 is 0.607 bits per heavy atom. The number of rotatable bonds is 7. The lowest BCUT2D eigenvalue weighted by Gasteiger charge is -2.23. The molecule has 0 unspecified atom stereocenters. The van der Waals surface area contributed by atoms with Crippen molar-refractivity contribution in [2.75, 3.05) is 0 Å². The monoisotopic (exact) mass is 378 g/mol. The first-order valence-corrected chi connectivity index (χ1v) is 9.92. The van der Waals surface area contributed by atoms with E-state index in [1.807, 2.05) is 36.4 Å². The Labute approximate surface area is 170 Å². The molecule has 0 N–H and O–H groups in total. The Bertz CT molecular complexity index is 703. The number of benzene rings is 2. The standard InChI is InChI=1S/C26H34O2/c1-25(2,3)17-23(27-19-21-13-9-7-10-14-21)24(18-26(4,5)6)28-20-22-15-11-8-12-16-22/h7-18H,19-20H2,1-6H3/b23-17+,24-18?. The minimum atomic E-state index is -0.0287. The summed E-state index contributed by atoms with van der Waals surface area (Å²) in [6.07, 6.45) is 4.30. The SMILES string of the molecule is CC(C)(C)C=C(OCc1ccccc1)/C(=C\C(C)(C)C)OCc1ccccc1. The molecule has 150 valence electrons. The van der Waals surface area contributed by atoms with Crippen LogP contribution in [0, 0.1) is 10.8 Å². The number of allylic oxidation sites excluding steroid dienone is 2. The maximum Gasteiger partial charge on any atom is 0.157 e. The first-order valence-electron chi connectivity index (χ1n) is 9.92. The zero-order valence-electron chi connectivity index (χ0n) is 18.2. The fourth-order valence-corrected chi connectivity index (χ4v) is 2.63. The van der Waals surface area contributed by atoms with Gasteiger partial charge in [0, 0.05) is 0 Å². The summed E-state index contributed by atoms with van der Waals surface area (Å²) in [6.45, 7) is 14.1. The summed E-state index contributed by atoms with van der Waals surface area (Å²) in [5, 5.41) is 0. The average Bonchev–Trinajstić information content (AvgIpc) is 2.62. The number of ether oxygens (including phenoxy) is 2. The molecule has 2 rings (SSSR count). The molecule has 0 bridgehead atoms. The minimum Gasteiger partial charge on any atom is -0.485 e. The second-order valence-electron chi connectivity index (χ2n) is 9.30. The van der Waals surface area contributed by atoms with Crippen LogP contribution < -0.4 is 0 Å². The summed E-state index contributed by atoms with van der Waals surface area (Å²) in [7, 11) is 0. The van der Waals surface area contributed by atoms with Crippen LogP contribution in [0.1, 0.15) is 52.7 Å². The lowest BCUT2D eigenvalue weighted by molar-refractivity contribution is 0.130. The first kappa shape index (κ1) is 21.8. The molecule has 0 atom stereocenters. The first-order chi connectivity index (χ1) is 13.1. The second-order valence-corrected chi connectivity index (χ2v) is 9.30. The van der Waals surface area contributed by atoms with Crippen LogP contribution in [0.5, 0.6) is 0 Å². The quantitative estimate of drug-likeness (QED) is 0.372. The van der Waals surface area contributed by atoms with Gasteiger partial charge < -0.3 is 9.47 Å². The summed E-state index contributed by atoms with van der Waals surface area (Å²) in [5.74, 6) is 1.59. The lowest BCUT2D eigenvalue weighted by atomic mass is 9.92. The van der Waals surface area contributed by atoms with Crippen LogP contribution in [0.2, 0.25) is 0 Å². The van der Waals surface area contributed by atoms with Crippen LogP contribution in [0.25, 0.3) is 0 Å². The molecule has 0 aliphatic carbocycles. The van der Waals surface area contributed by atoms with E-state index in [4.69, 9.17) is 9.47 Å². The Morgan fingerprint density at radius 3 is 1.21 bits per heavy atom. The highest BCUT2D eigenvalue weighted by Crippen LogP contribution is 2.28. The van der Waals surface area contributed by atoms with Crippen molar-refractivity contribution in [1.29, 1.82) is 0 Å². The molecule has 0 amide bonds. The third-order valence-corrected chi connectivity index (χ3v) is 3.85. The van der Waals surface area contributed by atoms with Crippen LogP contribution >= 0.6 is 0 Å². The van der Waals surface area contributed by atoms with Gasteiger partial charge in [-0.05, 0) is 34.1 Å². The van der Waals surface area contributed by atoms with E-state index in [2.05, 4.69) is 78.0 Å². The van der Waals surface area contributed by atoms with Gasteiger partial charge in [0.25, 0.3) is 0 Å². The summed E-state index contributed by atoms with van der Waals surface area (Å²) < 4.78 is 12.5. The summed E-state index contributed by atoms with van der Waals surface area (Å²) >= 11 is 0. The molecule has 2 aromatic carbocycles. The number of hydrogen-bond acceptors (Lipinski definition) is 2. The molecule has 0 saturated heterocycles. The van der Waals surface area contributed by atoms with E-state index in [-0.39, 0.29) is 10.8 Å². The van der Waals surface area contributed by atoms with Crippen molar-refractivity contribution in [3.8, 4) is 0 Å². The van der Waals surface area contributed by atoms with Crippen molar-refractivity contribution in [1.82, 2.24) is 0 Å². The van der Waals surface area contributed by atoms with Crippen molar-refractivity contribution in [2.45, 2.75) is 54.8 Å². The van der Waals surface area contributed by atoms with E-state index in [1.54, 1.807) is 0 Å². The maximum atomic E-state index is 6.27. The molecular formula is C26H34O2. The van der Waals surface area contributed by atoms with Crippen LogP contribution in [-0.4, -0.2) is 0 Å². The fourth-order valence-electron chi connectivity index (χ4n) is 2.63. The zero-order chi connectivity index (χ0) is 20.6. The third kappa shape index (κ3) is 8.47. The van der Waals surface area contributed by atoms with Crippen molar-refractivity contribution >= 4 is 0 Å². The van der Waals surface area contributed by atoms with Gasteiger partial charge in [-0.3, -0.25) is 0 Å². The van der Waals surface area contributed by atoms with E-state index in [0.717, 1.165) is 22.6 Å². The lowest BCUT2D eigenvalue weighted by Crippen LogP contribution is -2.11. The third-order valence-electron chi connectivity index (χ3n) is 3.85. The van der Waals surface area contributed by atoms with E-state index >= 15 is 0 Å². The van der Waals surface area contributed by atoms with Gasteiger partial charge in [0.2, 0.25) is 0 Å². The molecule has 0 aliphatic heterocycles. The fraction of sp³-hybridized carbons (Fsp3) is 0.385. The highest BCUT2D eigenvalue weighted by molar-refractivity contribution is 5.25. The molecule has 0 fully saturated rings. The largest absolute Gasteiger partial charge is 0.485 e. The molecule has 0 radical (unpaired) electrons. The van der Waals surface area contributed by atoms with E-state index in [0.29, 0.717) is 13.2 Å². The summed E-state index contributed by atoms with van der Waals surface area (Å²) in [5.41, 5.74) is 2.22. The van der Waals surface area contributed by atoms with E-state index in [1.165, 1.54) is 0 Å². The van der Waals surface area contributed by atoms with Crippen LogP contribution in [0.15, 0.2) is 84.3 Å². The van der Waals surface area contributed by atoms with Gasteiger partial charge in [-0.15, -0.1) is 0 Å². The zero-order valence-corrected chi connectivity index (χ0v) is 18.2. The number of hydrogen-bond donors (Lipinski definition) is 0. The summed E-state index contributed by atoms with van der Waals surface area (Å²) in [6, 6.07) is 20.5. The second kappa shape index (κ2) is 9.64. The molecule has 2 heteroatoms. The maximum absolute atomic E-state index is 6.27. The Morgan fingerprint density at radius 2 is 0.929 bits per heavy atom. The predicted octanol–water partition coefficient (Wildman–Crippen LogP) is 7.28. The van der Waals surface area contributed by atoms with Crippen molar-refractivity contribution in [3.05, 3.63) is 95.5 Å². The Kier molecular flexibility index (Phi) is 7.51. The molecule has 0 heterocycles. The Balaban J connectivity index is 2.28. The van der Waals surface area contributed by atoms with Crippen molar-refractivity contribution < 1.29 is 9.47 Å². The predicted molar refractivity (Wildman–Crippen MR) is 118 cm³/mol. The van der Waals surface area contributed by atoms with Gasteiger partial charge in [0.15, 0.2) is 11.5 Å². The van der Waals surface area contributed by atoms with Gasteiger partial charge in [0.1, 0.15) is 13.2 Å². The van der Waals surface area contributed by atoms with Crippen LogP contribution in [0.4, 0.5) is 0 Å². The van der Waals surface area contributed by atoms with Crippen LogP contribution in [-0.2, 0) is 22.7 Å².